The maximum atomic E-state index is 11.8. The first kappa shape index (κ1) is 24.9. The first-order valence-electron chi connectivity index (χ1n) is 11.3. The van der Waals surface area contributed by atoms with Gasteiger partial charge in [-0.15, -0.1) is 0 Å². The van der Waals surface area contributed by atoms with Gasteiger partial charge in [-0.3, -0.25) is 4.79 Å². The van der Waals surface area contributed by atoms with E-state index in [0.717, 1.165) is 25.7 Å². The van der Waals surface area contributed by atoms with E-state index in [4.69, 9.17) is 4.74 Å². The topological polar surface area (TPSA) is 63.6 Å². The molecule has 0 aromatic heterocycles. The molecule has 1 aromatic carbocycles. The van der Waals surface area contributed by atoms with E-state index in [2.05, 4.69) is 19.1 Å². The van der Waals surface area contributed by atoms with Crippen molar-refractivity contribution in [2.45, 2.75) is 96.8 Å². The molecule has 162 valence electrons. The molecule has 0 radical (unpaired) electrons. The molecule has 29 heavy (non-hydrogen) atoms. The number of allylic oxidation sites excluding steroid dienone is 2. The second-order valence-electron chi connectivity index (χ2n) is 7.64. The number of carbonyl (C=O) groups excluding carboxylic acids is 2. The summed E-state index contributed by atoms with van der Waals surface area (Å²) in [6, 6.07) is 5.66. The second kappa shape index (κ2) is 16.8. The van der Waals surface area contributed by atoms with Gasteiger partial charge in [-0.05, 0) is 56.4 Å². The fourth-order valence-corrected chi connectivity index (χ4v) is 3.15. The summed E-state index contributed by atoms with van der Waals surface area (Å²) in [5.74, 6) is -1.08. The van der Waals surface area contributed by atoms with Crippen molar-refractivity contribution in [2.24, 2.45) is 0 Å². The molecule has 0 aliphatic carbocycles. The summed E-state index contributed by atoms with van der Waals surface area (Å²) in [6.45, 7) is 2.25. The molecular formula is C25H38O4. The molecule has 0 unspecified atom stereocenters. The lowest BCUT2D eigenvalue weighted by molar-refractivity contribution is -0.138. The average Bonchev–Trinajstić information content (AvgIpc) is 2.71. The molecule has 0 saturated heterocycles. The van der Waals surface area contributed by atoms with Crippen molar-refractivity contribution in [3.05, 3.63) is 42.0 Å². The maximum Gasteiger partial charge on any atom is 0.345 e. The van der Waals surface area contributed by atoms with E-state index in [1.807, 2.05) is 0 Å². The number of carbonyl (C=O) groups is 2. The van der Waals surface area contributed by atoms with Gasteiger partial charge < -0.3 is 9.84 Å². The predicted octanol–water partition coefficient (Wildman–Crippen LogP) is 7.11. The van der Waals surface area contributed by atoms with Crippen LogP contribution in [-0.4, -0.2) is 17.0 Å². The molecule has 0 atom stereocenters. The van der Waals surface area contributed by atoms with Crippen LogP contribution >= 0.6 is 0 Å². The van der Waals surface area contributed by atoms with Crippen LogP contribution in [0, 0.1) is 0 Å². The Morgan fingerprint density at radius 3 is 1.90 bits per heavy atom. The molecule has 1 aromatic rings. The summed E-state index contributed by atoms with van der Waals surface area (Å²) in [6.07, 6.45) is 20.5. The van der Waals surface area contributed by atoms with E-state index in [-0.39, 0.29) is 17.7 Å². The largest absolute Gasteiger partial charge is 0.508 e. The number of benzene rings is 1. The first-order valence-corrected chi connectivity index (χ1v) is 11.3. The van der Waals surface area contributed by atoms with Crippen LogP contribution in [0.3, 0.4) is 0 Å². The van der Waals surface area contributed by atoms with Gasteiger partial charge in [0.25, 0.3) is 0 Å². The van der Waals surface area contributed by atoms with Crippen LogP contribution in [-0.2, 0) is 9.53 Å². The summed E-state index contributed by atoms with van der Waals surface area (Å²) < 4.78 is 4.83. The van der Waals surface area contributed by atoms with E-state index < -0.39 is 11.9 Å². The van der Waals surface area contributed by atoms with Gasteiger partial charge in [0, 0.05) is 6.42 Å². The first-order chi connectivity index (χ1) is 14.1. The Balaban J connectivity index is 1.92. The van der Waals surface area contributed by atoms with Crippen LogP contribution in [0.4, 0.5) is 0 Å². The zero-order valence-corrected chi connectivity index (χ0v) is 18.0. The van der Waals surface area contributed by atoms with Crippen LogP contribution < -0.4 is 0 Å². The van der Waals surface area contributed by atoms with Gasteiger partial charge in [-0.1, -0.05) is 70.4 Å². The fraction of sp³-hybridized carbons (Fsp3) is 0.600. The molecule has 4 nitrogen and oxygen atoms in total. The molecule has 4 heteroatoms. The molecule has 1 rings (SSSR count). The second-order valence-corrected chi connectivity index (χ2v) is 7.64. The van der Waals surface area contributed by atoms with Crippen molar-refractivity contribution in [3.63, 3.8) is 0 Å². The Morgan fingerprint density at radius 1 is 0.793 bits per heavy atom. The van der Waals surface area contributed by atoms with E-state index in [0.29, 0.717) is 0 Å². The third-order valence-corrected chi connectivity index (χ3v) is 4.95. The number of phenolic OH excluding ortho intramolecular Hbond substituents is 1. The molecule has 0 saturated carbocycles. The third kappa shape index (κ3) is 13.7. The number of unbranched alkanes of at least 4 members (excludes halogenated alkanes) is 11. The Hall–Kier alpha value is -2.10. The van der Waals surface area contributed by atoms with E-state index in [9.17, 15) is 14.7 Å². The van der Waals surface area contributed by atoms with Crippen molar-refractivity contribution >= 4 is 11.9 Å². The Bertz CT molecular complexity index is 589. The Morgan fingerprint density at radius 2 is 1.31 bits per heavy atom. The monoisotopic (exact) mass is 402 g/mol. The lowest BCUT2D eigenvalue weighted by Gasteiger charge is -2.03. The highest BCUT2D eigenvalue weighted by Gasteiger charge is 2.12. The normalized spacial score (nSPS) is 11.1. The van der Waals surface area contributed by atoms with Crippen LogP contribution in [0.5, 0.6) is 5.75 Å². The van der Waals surface area contributed by atoms with Crippen LogP contribution in [0.15, 0.2) is 36.4 Å². The number of esters is 2. The Kier molecular flexibility index (Phi) is 14.5. The van der Waals surface area contributed by atoms with Crippen molar-refractivity contribution in [1.29, 1.82) is 0 Å². The van der Waals surface area contributed by atoms with Crippen molar-refractivity contribution in [1.82, 2.24) is 0 Å². The number of hydrogen-bond acceptors (Lipinski definition) is 4. The molecule has 1 N–H and O–H groups in total. The minimum atomic E-state index is -0.664. The minimum Gasteiger partial charge on any atom is -0.508 e. The smallest absolute Gasteiger partial charge is 0.345 e. The fourth-order valence-electron chi connectivity index (χ4n) is 3.15. The van der Waals surface area contributed by atoms with Gasteiger partial charge in [-0.2, -0.15) is 0 Å². The average molecular weight is 403 g/mol. The summed E-state index contributed by atoms with van der Waals surface area (Å²) in [4.78, 5) is 23.5. The van der Waals surface area contributed by atoms with Gasteiger partial charge in [0.2, 0.25) is 0 Å². The predicted molar refractivity (Wildman–Crippen MR) is 118 cm³/mol. The number of aromatic hydroxyl groups is 1. The molecule has 0 fully saturated rings. The summed E-state index contributed by atoms with van der Waals surface area (Å²) in [7, 11) is 0. The Labute approximate surface area is 176 Å². The van der Waals surface area contributed by atoms with Crippen molar-refractivity contribution in [3.8, 4) is 5.75 Å². The van der Waals surface area contributed by atoms with Gasteiger partial charge in [0.1, 0.15) is 5.75 Å². The highest BCUT2D eigenvalue weighted by Crippen LogP contribution is 2.13. The number of rotatable bonds is 16. The summed E-state index contributed by atoms with van der Waals surface area (Å²) >= 11 is 0. The van der Waals surface area contributed by atoms with Gasteiger partial charge in [-0.25, -0.2) is 4.79 Å². The summed E-state index contributed by atoms with van der Waals surface area (Å²) in [5, 5.41) is 9.20. The van der Waals surface area contributed by atoms with E-state index in [1.54, 1.807) is 0 Å². The lowest BCUT2D eigenvalue weighted by Crippen LogP contribution is -2.12. The molecule has 0 aliphatic heterocycles. The highest BCUT2D eigenvalue weighted by molar-refractivity contribution is 5.96. The molecule has 0 amide bonds. The van der Waals surface area contributed by atoms with Crippen molar-refractivity contribution < 1.29 is 19.4 Å². The lowest BCUT2D eigenvalue weighted by atomic mass is 10.1. The van der Waals surface area contributed by atoms with E-state index in [1.165, 1.54) is 82.1 Å². The van der Waals surface area contributed by atoms with Gasteiger partial charge in [0.15, 0.2) is 0 Å². The van der Waals surface area contributed by atoms with Crippen molar-refractivity contribution in [2.75, 3.05) is 0 Å². The highest BCUT2D eigenvalue weighted by atomic mass is 16.6. The SMILES string of the molecule is CCCCCCCCC=CCCCCCCCC(=O)OC(=O)c1ccc(O)cc1. The number of hydrogen-bond donors (Lipinski definition) is 1. The summed E-state index contributed by atoms with van der Waals surface area (Å²) in [5.41, 5.74) is 0.265. The molecular weight excluding hydrogens is 364 g/mol. The quantitative estimate of drug-likeness (QED) is 0.138. The van der Waals surface area contributed by atoms with Crippen LogP contribution in [0.25, 0.3) is 0 Å². The van der Waals surface area contributed by atoms with E-state index >= 15 is 0 Å². The van der Waals surface area contributed by atoms with Crippen LogP contribution in [0.1, 0.15) is 107 Å². The zero-order valence-electron chi connectivity index (χ0n) is 18.0. The number of phenols is 1. The number of ether oxygens (including phenoxy) is 1. The standard InChI is InChI=1S/C25H38O4/c1-2-3-4-5-6-7-8-9-10-11-12-13-14-15-16-17-24(27)29-25(28)22-18-20-23(26)21-19-22/h9-10,18-21,26H,2-8,11-17H2,1H3. The maximum absolute atomic E-state index is 11.8. The third-order valence-electron chi connectivity index (χ3n) is 4.95. The zero-order chi connectivity index (χ0) is 21.2. The molecule has 0 bridgehead atoms. The molecule has 0 spiro atoms. The molecule has 0 aliphatic rings. The molecule has 0 heterocycles. The van der Waals surface area contributed by atoms with Gasteiger partial charge >= 0.3 is 11.9 Å². The minimum absolute atomic E-state index is 0.0705. The van der Waals surface area contributed by atoms with Gasteiger partial charge in [0.05, 0.1) is 5.56 Å². The van der Waals surface area contributed by atoms with Crippen LogP contribution in [0.2, 0.25) is 0 Å².